The van der Waals surface area contributed by atoms with Crippen molar-refractivity contribution in [3.63, 3.8) is 0 Å². The van der Waals surface area contributed by atoms with Crippen LogP contribution in [0.15, 0.2) is 42.5 Å². The molecule has 1 N–H and O–H groups in total. The van der Waals surface area contributed by atoms with Gasteiger partial charge in [0.1, 0.15) is 12.4 Å². The first-order chi connectivity index (χ1) is 9.31. The van der Waals surface area contributed by atoms with Crippen molar-refractivity contribution in [2.75, 3.05) is 13.7 Å². The maximum atomic E-state index is 8.84. The summed E-state index contributed by atoms with van der Waals surface area (Å²) in [6.07, 6.45) is 0.664. The molecule has 1 aromatic heterocycles. The topological polar surface area (TPSA) is 51.6 Å². The first-order valence-corrected chi connectivity index (χ1v) is 6.14. The van der Waals surface area contributed by atoms with Crippen molar-refractivity contribution in [2.45, 2.75) is 13.0 Å². The molecule has 2 aromatic rings. The van der Waals surface area contributed by atoms with Crippen LogP contribution in [0.5, 0.6) is 11.6 Å². The fraction of sp³-hybridized carbons (Fsp3) is 0.267. The van der Waals surface area contributed by atoms with Crippen molar-refractivity contribution in [2.24, 2.45) is 0 Å². The molecule has 0 amide bonds. The van der Waals surface area contributed by atoms with E-state index >= 15 is 0 Å². The fourth-order valence-electron chi connectivity index (χ4n) is 1.69. The minimum Gasteiger partial charge on any atom is -0.487 e. The van der Waals surface area contributed by atoms with Crippen molar-refractivity contribution in [1.82, 2.24) is 4.98 Å². The van der Waals surface area contributed by atoms with Gasteiger partial charge in [-0.15, -0.1) is 0 Å². The molecule has 0 unspecified atom stereocenters. The molecule has 0 aliphatic rings. The average molecular weight is 259 g/mol. The average Bonchev–Trinajstić information content (AvgIpc) is 2.47. The molecule has 2 rings (SSSR count). The Morgan fingerprint density at radius 1 is 1.11 bits per heavy atom. The molecule has 0 aliphatic heterocycles. The molecule has 0 bridgehead atoms. The number of aliphatic hydroxyl groups is 1. The van der Waals surface area contributed by atoms with Gasteiger partial charge in [-0.05, 0) is 30.2 Å². The zero-order chi connectivity index (χ0) is 13.5. The Bertz CT molecular complexity index is 511. The van der Waals surface area contributed by atoms with Gasteiger partial charge in [-0.3, -0.25) is 0 Å². The van der Waals surface area contributed by atoms with Gasteiger partial charge in [-0.1, -0.05) is 18.2 Å². The summed E-state index contributed by atoms with van der Waals surface area (Å²) in [5.41, 5.74) is 1.91. The third-order valence-corrected chi connectivity index (χ3v) is 2.70. The van der Waals surface area contributed by atoms with E-state index in [9.17, 15) is 0 Å². The Hall–Kier alpha value is -2.07. The van der Waals surface area contributed by atoms with Gasteiger partial charge >= 0.3 is 0 Å². The van der Waals surface area contributed by atoms with Crippen LogP contribution < -0.4 is 9.47 Å². The number of aromatic nitrogens is 1. The Morgan fingerprint density at radius 3 is 2.58 bits per heavy atom. The molecule has 0 saturated carbocycles. The maximum Gasteiger partial charge on any atom is 0.213 e. The van der Waals surface area contributed by atoms with E-state index in [0.29, 0.717) is 18.9 Å². The van der Waals surface area contributed by atoms with Crippen LogP contribution in [-0.4, -0.2) is 23.8 Å². The van der Waals surface area contributed by atoms with Crippen molar-refractivity contribution in [3.05, 3.63) is 53.7 Å². The fourth-order valence-corrected chi connectivity index (χ4v) is 1.69. The molecule has 4 heteroatoms. The standard InChI is InChI=1S/C15H17NO3/c1-18-15-4-2-3-13(16-15)11-19-14-7-5-12(6-8-14)9-10-17/h2-8,17H,9-11H2,1H3. The van der Waals surface area contributed by atoms with Gasteiger partial charge in [0.2, 0.25) is 5.88 Å². The lowest BCUT2D eigenvalue weighted by molar-refractivity contribution is 0.295. The summed E-state index contributed by atoms with van der Waals surface area (Å²) in [6.45, 7) is 0.560. The zero-order valence-corrected chi connectivity index (χ0v) is 10.9. The van der Waals surface area contributed by atoms with E-state index in [4.69, 9.17) is 14.6 Å². The third kappa shape index (κ3) is 3.96. The predicted molar refractivity (Wildman–Crippen MR) is 72.4 cm³/mol. The van der Waals surface area contributed by atoms with E-state index in [1.165, 1.54) is 0 Å². The normalized spacial score (nSPS) is 10.2. The number of nitrogens with zero attached hydrogens (tertiary/aromatic N) is 1. The number of ether oxygens (including phenoxy) is 2. The van der Waals surface area contributed by atoms with Crippen LogP contribution in [0.25, 0.3) is 0 Å². The van der Waals surface area contributed by atoms with E-state index in [1.807, 2.05) is 36.4 Å². The van der Waals surface area contributed by atoms with Crippen LogP contribution >= 0.6 is 0 Å². The lowest BCUT2D eigenvalue weighted by Gasteiger charge is -2.07. The van der Waals surface area contributed by atoms with E-state index in [1.54, 1.807) is 13.2 Å². The van der Waals surface area contributed by atoms with Crippen LogP contribution in [0.4, 0.5) is 0 Å². The number of benzene rings is 1. The molecule has 1 aromatic carbocycles. The summed E-state index contributed by atoms with van der Waals surface area (Å²) in [5, 5.41) is 8.84. The van der Waals surface area contributed by atoms with Gasteiger partial charge in [-0.25, -0.2) is 4.98 Å². The van der Waals surface area contributed by atoms with Crippen LogP contribution in [-0.2, 0) is 13.0 Å². The molecule has 19 heavy (non-hydrogen) atoms. The Morgan fingerprint density at radius 2 is 1.89 bits per heavy atom. The van der Waals surface area contributed by atoms with Gasteiger partial charge in [0.05, 0.1) is 12.8 Å². The molecule has 0 saturated heterocycles. The van der Waals surface area contributed by atoms with E-state index in [0.717, 1.165) is 17.0 Å². The second-order valence-electron chi connectivity index (χ2n) is 4.08. The highest BCUT2D eigenvalue weighted by Crippen LogP contribution is 2.15. The van der Waals surface area contributed by atoms with Gasteiger partial charge in [0.15, 0.2) is 0 Å². The number of methoxy groups -OCH3 is 1. The molecule has 0 spiro atoms. The molecular weight excluding hydrogens is 242 g/mol. The highest BCUT2D eigenvalue weighted by atomic mass is 16.5. The maximum absolute atomic E-state index is 8.84. The number of hydrogen-bond acceptors (Lipinski definition) is 4. The van der Waals surface area contributed by atoms with Crippen LogP contribution in [0, 0.1) is 0 Å². The Kier molecular flexibility index (Phi) is 4.75. The van der Waals surface area contributed by atoms with Gasteiger partial charge < -0.3 is 14.6 Å². The first-order valence-electron chi connectivity index (χ1n) is 6.14. The summed E-state index contributed by atoms with van der Waals surface area (Å²) in [6, 6.07) is 13.3. The molecule has 100 valence electrons. The highest BCUT2D eigenvalue weighted by molar-refractivity contribution is 5.27. The number of hydrogen-bond donors (Lipinski definition) is 1. The largest absolute Gasteiger partial charge is 0.487 e. The minimum atomic E-state index is 0.161. The Balaban J connectivity index is 1.94. The number of aliphatic hydroxyl groups excluding tert-OH is 1. The van der Waals surface area contributed by atoms with Crippen LogP contribution in [0.2, 0.25) is 0 Å². The lowest BCUT2D eigenvalue weighted by atomic mass is 10.1. The smallest absolute Gasteiger partial charge is 0.213 e. The molecule has 0 aliphatic carbocycles. The number of rotatable bonds is 6. The zero-order valence-electron chi connectivity index (χ0n) is 10.9. The molecule has 1 heterocycles. The second-order valence-corrected chi connectivity index (χ2v) is 4.08. The van der Waals surface area contributed by atoms with Gasteiger partial charge in [0, 0.05) is 12.7 Å². The molecule has 0 radical (unpaired) electrons. The van der Waals surface area contributed by atoms with E-state index in [2.05, 4.69) is 4.98 Å². The van der Waals surface area contributed by atoms with E-state index in [-0.39, 0.29) is 6.61 Å². The van der Waals surface area contributed by atoms with Crippen LogP contribution in [0.1, 0.15) is 11.3 Å². The summed E-state index contributed by atoms with van der Waals surface area (Å²) in [7, 11) is 1.59. The SMILES string of the molecule is COc1cccc(COc2ccc(CCO)cc2)n1. The third-order valence-electron chi connectivity index (χ3n) is 2.70. The molecular formula is C15H17NO3. The summed E-state index contributed by atoms with van der Waals surface area (Å²) >= 11 is 0. The minimum absolute atomic E-state index is 0.161. The van der Waals surface area contributed by atoms with E-state index < -0.39 is 0 Å². The second kappa shape index (κ2) is 6.75. The van der Waals surface area contributed by atoms with Crippen molar-refractivity contribution < 1.29 is 14.6 Å². The molecule has 0 atom stereocenters. The molecule has 0 fully saturated rings. The van der Waals surface area contributed by atoms with Gasteiger partial charge in [0.25, 0.3) is 0 Å². The summed E-state index contributed by atoms with van der Waals surface area (Å²) < 4.78 is 10.7. The van der Waals surface area contributed by atoms with Crippen molar-refractivity contribution >= 4 is 0 Å². The molecule has 4 nitrogen and oxygen atoms in total. The first kappa shape index (κ1) is 13.4. The Labute approximate surface area is 112 Å². The lowest BCUT2D eigenvalue weighted by Crippen LogP contribution is -1.99. The number of pyridine rings is 1. The van der Waals surface area contributed by atoms with Crippen molar-refractivity contribution in [3.8, 4) is 11.6 Å². The van der Waals surface area contributed by atoms with Crippen molar-refractivity contribution in [1.29, 1.82) is 0 Å². The van der Waals surface area contributed by atoms with Gasteiger partial charge in [-0.2, -0.15) is 0 Å². The quantitative estimate of drug-likeness (QED) is 0.864. The monoisotopic (exact) mass is 259 g/mol. The predicted octanol–water partition coefficient (Wildman–Crippen LogP) is 2.20. The highest BCUT2D eigenvalue weighted by Gasteiger charge is 2.00. The van der Waals surface area contributed by atoms with Crippen LogP contribution in [0.3, 0.4) is 0 Å². The summed E-state index contributed by atoms with van der Waals surface area (Å²) in [4.78, 5) is 4.27. The summed E-state index contributed by atoms with van der Waals surface area (Å²) in [5.74, 6) is 1.37.